The molecule has 3 rings (SSSR count). The van der Waals surface area contributed by atoms with Gasteiger partial charge in [0.15, 0.2) is 8.32 Å². The Balaban J connectivity index is 1.74. The van der Waals surface area contributed by atoms with Gasteiger partial charge in [0.2, 0.25) is 0 Å². The van der Waals surface area contributed by atoms with E-state index in [-0.39, 0.29) is 11.6 Å². The minimum atomic E-state index is -1.89. The fourth-order valence-electron chi connectivity index (χ4n) is 3.24. The van der Waals surface area contributed by atoms with Crippen LogP contribution in [0.3, 0.4) is 0 Å². The van der Waals surface area contributed by atoms with Crippen LogP contribution in [-0.4, -0.2) is 42.7 Å². The van der Waals surface area contributed by atoms with E-state index in [1.54, 1.807) is 36.4 Å². The number of imide groups is 1. The molecule has 1 atom stereocenters. The molecule has 0 radical (unpaired) electrons. The lowest BCUT2D eigenvalue weighted by Gasteiger charge is -2.36. The molecule has 0 saturated heterocycles. The number of fused-ring (bicyclic) bond motifs is 1. The number of benzene rings is 2. The Kier molecular flexibility index (Phi) is 6.20. The molecule has 0 bridgehead atoms. The summed E-state index contributed by atoms with van der Waals surface area (Å²) in [6, 6.07) is 13.7. The maximum Gasteiger partial charge on any atom is 0.312 e. The van der Waals surface area contributed by atoms with Gasteiger partial charge >= 0.3 is 5.97 Å². The van der Waals surface area contributed by atoms with Crippen LogP contribution in [0.4, 0.5) is 0 Å². The second-order valence-electron chi connectivity index (χ2n) is 9.45. The molecule has 164 valence electrons. The molecule has 31 heavy (non-hydrogen) atoms. The predicted molar refractivity (Wildman–Crippen MR) is 121 cm³/mol. The van der Waals surface area contributed by atoms with Crippen molar-refractivity contribution in [2.24, 2.45) is 0 Å². The first-order chi connectivity index (χ1) is 14.4. The van der Waals surface area contributed by atoms with Gasteiger partial charge in [0.05, 0.1) is 23.7 Å². The van der Waals surface area contributed by atoms with Gasteiger partial charge in [0.1, 0.15) is 0 Å². The van der Waals surface area contributed by atoms with Gasteiger partial charge in [-0.25, -0.2) is 0 Å². The zero-order chi connectivity index (χ0) is 23.0. The number of amides is 2. The smallest absolute Gasteiger partial charge is 0.312 e. The zero-order valence-electron chi connectivity index (χ0n) is 18.6. The summed E-state index contributed by atoms with van der Waals surface area (Å²) in [6.45, 7) is 11.2. The van der Waals surface area contributed by atoms with E-state index in [9.17, 15) is 19.5 Å². The van der Waals surface area contributed by atoms with E-state index in [4.69, 9.17) is 4.43 Å². The van der Waals surface area contributed by atoms with Crippen molar-refractivity contribution in [2.45, 2.75) is 51.4 Å². The number of carboxylic acids is 1. The first-order valence-corrected chi connectivity index (χ1v) is 13.2. The normalized spacial score (nSPS) is 15.2. The van der Waals surface area contributed by atoms with E-state index in [1.807, 2.05) is 12.1 Å². The first kappa shape index (κ1) is 22.9. The molecular weight excluding hydrogens is 410 g/mol. The van der Waals surface area contributed by atoms with Crippen molar-refractivity contribution >= 4 is 26.1 Å². The maximum absolute atomic E-state index is 12.6. The van der Waals surface area contributed by atoms with Gasteiger partial charge in [-0.3, -0.25) is 19.3 Å². The van der Waals surface area contributed by atoms with Crippen LogP contribution in [0.5, 0.6) is 0 Å². The number of carbonyl (C=O) groups excluding carboxylic acids is 2. The molecule has 1 aliphatic rings. The predicted octanol–water partition coefficient (Wildman–Crippen LogP) is 4.67. The van der Waals surface area contributed by atoms with Crippen LogP contribution < -0.4 is 0 Å². The molecule has 0 aliphatic carbocycles. The van der Waals surface area contributed by atoms with E-state index in [0.717, 1.165) is 10.5 Å². The van der Waals surface area contributed by atoms with Crippen molar-refractivity contribution in [1.29, 1.82) is 0 Å². The molecule has 1 unspecified atom stereocenters. The highest BCUT2D eigenvalue weighted by atomic mass is 28.4. The highest BCUT2D eigenvalue weighted by molar-refractivity contribution is 6.74. The third kappa shape index (κ3) is 4.62. The third-order valence-electron chi connectivity index (χ3n) is 6.33. The van der Waals surface area contributed by atoms with Crippen molar-refractivity contribution in [3.05, 3.63) is 70.8 Å². The average Bonchev–Trinajstić information content (AvgIpc) is 2.94. The molecule has 1 heterocycles. The van der Waals surface area contributed by atoms with E-state index in [1.165, 1.54) is 0 Å². The van der Waals surface area contributed by atoms with Gasteiger partial charge in [-0.2, -0.15) is 0 Å². The van der Waals surface area contributed by atoms with E-state index >= 15 is 0 Å². The highest BCUT2D eigenvalue weighted by Crippen LogP contribution is 2.37. The van der Waals surface area contributed by atoms with Gasteiger partial charge in [0, 0.05) is 6.54 Å². The molecule has 1 aliphatic heterocycles. The summed E-state index contributed by atoms with van der Waals surface area (Å²) in [6.07, 6.45) is 0. The van der Waals surface area contributed by atoms with Gasteiger partial charge in [-0.05, 0) is 41.4 Å². The van der Waals surface area contributed by atoms with Gasteiger partial charge < -0.3 is 9.53 Å². The standard InChI is InChI=1S/C24H29NO5Si/c1-24(2,3)31(4,5)30-15-16-10-12-17(13-11-16)20(23(28)29)14-25-21(26)18-8-6-7-9-19(18)22(25)27/h6-13,20H,14-15H2,1-5H3,(H,28,29). The molecule has 1 N–H and O–H groups in total. The first-order valence-electron chi connectivity index (χ1n) is 10.3. The summed E-state index contributed by atoms with van der Waals surface area (Å²) >= 11 is 0. The van der Waals surface area contributed by atoms with E-state index in [0.29, 0.717) is 23.3 Å². The summed E-state index contributed by atoms with van der Waals surface area (Å²) in [5, 5.41) is 9.88. The summed E-state index contributed by atoms with van der Waals surface area (Å²) in [5.74, 6) is -2.99. The minimum absolute atomic E-state index is 0.105. The fourth-order valence-corrected chi connectivity index (χ4v) is 4.20. The second kappa shape index (κ2) is 8.40. The number of aliphatic carboxylic acids is 1. The Morgan fingerprint density at radius 1 is 1.00 bits per heavy atom. The molecule has 0 spiro atoms. The van der Waals surface area contributed by atoms with Crippen molar-refractivity contribution in [1.82, 2.24) is 4.90 Å². The Hall–Kier alpha value is -2.77. The second-order valence-corrected chi connectivity index (χ2v) is 14.3. The monoisotopic (exact) mass is 439 g/mol. The van der Waals surface area contributed by atoms with Crippen LogP contribution in [0, 0.1) is 0 Å². The van der Waals surface area contributed by atoms with Crippen molar-refractivity contribution in [3.8, 4) is 0 Å². The SMILES string of the molecule is CC(C)(C)[Si](C)(C)OCc1ccc(C(CN2C(=O)c3ccccc3C2=O)C(=O)O)cc1. The molecular formula is C24H29NO5Si. The van der Waals surface area contributed by atoms with Crippen LogP contribution in [0.25, 0.3) is 0 Å². The Morgan fingerprint density at radius 2 is 1.52 bits per heavy atom. The van der Waals surface area contributed by atoms with Crippen LogP contribution in [0.15, 0.2) is 48.5 Å². The molecule has 7 heteroatoms. The Labute approximate surface area is 184 Å². The number of hydrogen-bond acceptors (Lipinski definition) is 4. The lowest BCUT2D eigenvalue weighted by molar-refractivity contribution is -0.138. The molecule has 0 fully saturated rings. The van der Waals surface area contributed by atoms with Crippen molar-refractivity contribution < 1.29 is 23.9 Å². The lowest BCUT2D eigenvalue weighted by atomic mass is 9.97. The number of carbonyl (C=O) groups is 3. The topological polar surface area (TPSA) is 83.9 Å². The van der Waals surface area contributed by atoms with Crippen LogP contribution in [-0.2, 0) is 15.8 Å². The van der Waals surface area contributed by atoms with Gasteiger partial charge in [-0.1, -0.05) is 57.2 Å². The Morgan fingerprint density at radius 3 is 1.97 bits per heavy atom. The molecule has 0 aromatic heterocycles. The summed E-state index contributed by atoms with van der Waals surface area (Å²) in [7, 11) is -1.89. The highest BCUT2D eigenvalue weighted by Gasteiger charge is 2.39. The molecule has 2 aromatic carbocycles. The van der Waals surface area contributed by atoms with Crippen molar-refractivity contribution in [3.63, 3.8) is 0 Å². The zero-order valence-corrected chi connectivity index (χ0v) is 19.6. The van der Waals surface area contributed by atoms with E-state index < -0.39 is 32.0 Å². The summed E-state index contributed by atoms with van der Waals surface area (Å²) < 4.78 is 6.22. The van der Waals surface area contributed by atoms with Gasteiger partial charge in [0.25, 0.3) is 11.8 Å². The minimum Gasteiger partial charge on any atom is -0.481 e. The average molecular weight is 440 g/mol. The van der Waals surface area contributed by atoms with Crippen LogP contribution in [0.1, 0.15) is 58.5 Å². The number of carboxylic acid groups (broad SMARTS) is 1. The number of rotatable bonds is 7. The van der Waals surface area contributed by atoms with Crippen molar-refractivity contribution in [2.75, 3.05) is 6.54 Å². The van der Waals surface area contributed by atoms with E-state index in [2.05, 4.69) is 33.9 Å². The molecule has 0 saturated carbocycles. The van der Waals surface area contributed by atoms with Crippen LogP contribution in [0.2, 0.25) is 18.1 Å². The molecule has 2 amide bonds. The van der Waals surface area contributed by atoms with Crippen LogP contribution >= 0.6 is 0 Å². The fraction of sp³-hybridized carbons (Fsp3) is 0.375. The molecule has 6 nitrogen and oxygen atoms in total. The lowest BCUT2D eigenvalue weighted by Crippen LogP contribution is -2.40. The van der Waals surface area contributed by atoms with Gasteiger partial charge in [-0.15, -0.1) is 0 Å². The maximum atomic E-state index is 12.6. The largest absolute Gasteiger partial charge is 0.481 e. The Bertz CT molecular complexity index is 972. The quantitative estimate of drug-likeness (QED) is 0.500. The summed E-state index contributed by atoms with van der Waals surface area (Å²) in [5.41, 5.74) is 2.13. The number of hydrogen-bond donors (Lipinski definition) is 1. The third-order valence-corrected chi connectivity index (χ3v) is 10.8. The molecule has 2 aromatic rings. The number of nitrogens with zero attached hydrogens (tertiary/aromatic N) is 1. The summed E-state index contributed by atoms with van der Waals surface area (Å²) in [4.78, 5) is 38.2.